The van der Waals surface area contributed by atoms with E-state index in [1.54, 1.807) is 25.7 Å². The zero-order valence-corrected chi connectivity index (χ0v) is 15.6. The average Bonchev–Trinajstić information content (AvgIpc) is 3.11. The lowest BCUT2D eigenvalue weighted by Gasteiger charge is -2.35. The zero-order chi connectivity index (χ0) is 18.1. The second-order valence-corrected chi connectivity index (χ2v) is 7.00. The van der Waals surface area contributed by atoms with Gasteiger partial charge in [0.05, 0.1) is 30.7 Å². The lowest BCUT2D eigenvalue weighted by atomic mass is 9.92. The van der Waals surface area contributed by atoms with Crippen molar-refractivity contribution in [3.05, 3.63) is 45.1 Å². The Morgan fingerprint density at radius 2 is 1.84 bits per heavy atom. The number of fused-ring (bicyclic) bond motifs is 1. The molecule has 3 rings (SSSR count). The standard InChI is InChI=1S/C19H21NO4S/c1-11-15-9-17(24-4)16(23-3)7-13(15)5-6-20(11)19(22)14-8-18(12(2)21)25-10-14/h7-11H,5-6H2,1-4H3/t11-/m0/s1. The molecule has 2 aromatic rings. The Balaban J connectivity index is 1.91. The molecule has 0 unspecified atom stereocenters. The molecule has 1 aromatic carbocycles. The Hall–Kier alpha value is -2.34. The van der Waals surface area contributed by atoms with Gasteiger partial charge in [-0.25, -0.2) is 0 Å². The van der Waals surface area contributed by atoms with E-state index in [-0.39, 0.29) is 17.7 Å². The van der Waals surface area contributed by atoms with E-state index in [1.165, 1.54) is 23.8 Å². The van der Waals surface area contributed by atoms with Gasteiger partial charge in [-0.05, 0) is 49.6 Å². The lowest BCUT2D eigenvalue weighted by Crippen LogP contribution is -2.38. The monoisotopic (exact) mass is 359 g/mol. The number of nitrogens with zero attached hydrogens (tertiary/aromatic N) is 1. The number of ether oxygens (including phenoxy) is 2. The van der Waals surface area contributed by atoms with Crippen LogP contribution in [-0.4, -0.2) is 37.4 Å². The van der Waals surface area contributed by atoms with Crippen LogP contribution in [-0.2, 0) is 6.42 Å². The van der Waals surface area contributed by atoms with E-state index in [0.717, 1.165) is 12.0 Å². The molecule has 1 atom stereocenters. The fraction of sp³-hybridized carbons (Fsp3) is 0.368. The fourth-order valence-corrected chi connectivity index (χ4v) is 4.00. The zero-order valence-electron chi connectivity index (χ0n) is 14.8. The van der Waals surface area contributed by atoms with Crippen LogP contribution in [0.25, 0.3) is 0 Å². The molecular weight excluding hydrogens is 338 g/mol. The number of thiophene rings is 1. The van der Waals surface area contributed by atoms with E-state index in [2.05, 4.69) is 0 Å². The third-order valence-corrected chi connectivity index (χ3v) is 5.67. The molecule has 132 valence electrons. The van der Waals surface area contributed by atoms with Gasteiger partial charge in [-0.1, -0.05) is 0 Å². The SMILES string of the molecule is COc1cc2c(cc1OC)[C@H](C)N(C(=O)c1csc(C(C)=O)c1)CC2. The van der Waals surface area contributed by atoms with Crippen molar-refractivity contribution < 1.29 is 19.1 Å². The van der Waals surface area contributed by atoms with Crippen LogP contribution in [0, 0.1) is 0 Å². The summed E-state index contributed by atoms with van der Waals surface area (Å²) >= 11 is 1.31. The van der Waals surface area contributed by atoms with Gasteiger partial charge in [0.25, 0.3) is 5.91 Å². The van der Waals surface area contributed by atoms with Gasteiger partial charge in [0.2, 0.25) is 0 Å². The summed E-state index contributed by atoms with van der Waals surface area (Å²) in [6, 6.07) is 5.56. The molecule has 25 heavy (non-hydrogen) atoms. The molecule has 0 radical (unpaired) electrons. The number of hydrogen-bond acceptors (Lipinski definition) is 5. The second kappa shape index (κ2) is 6.88. The number of rotatable bonds is 4. The number of methoxy groups -OCH3 is 2. The molecule has 5 nitrogen and oxygen atoms in total. The maximum Gasteiger partial charge on any atom is 0.255 e. The molecule has 0 saturated carbocycles. The Morgan fingerprint density at radius 3 is 2.44 bits per heavy atom. The number of carbonyl (C=O) groups excluding carboxylic acids is 2. The minimum atomic E-state index is -0.0725. The largest absolute Gasteiger partial charge is 0.493 e. The van der Waals surface area contributed by atoms with Crippen molar-refractivity contribution in [2.24, 2.45) is 0 Å². The summed E-state index contributed by atoms with van der Waals surface area (Å²) in [5, 5.41) is 1.76. The summed E-state index contributed by atoms with van der Waals surface area (Å²) in [4.78, 5) is 26.8. The Morgan fingerprint density at radius 1 is 1.16 bits per heavy atom. The van der Waals surface area contributed by atoms with E-state index in [4.69, 9.17) is 9.47 Å². The van der Waals surface area contributed by atoms with Gasteiger partial charge >= 0.3 is 0 Å². The molecule has 0 bridgehead atoms. The van der Waals surface area contributed by atoms with Crippen molar-refractivity contribution in [1.29, 1.82) is 0 Å². The van der Waals surface area contributed by atoms with Gasteiger partial charge in [0.15, 0.2) is 17.3 Å². The van der Waals surface area contributed by atoms with E-state index in [9.17, 15) is 9.59 Å². The molecule has 0 fully saturated rings. The quantitative estimate of drug-likeness (QED) is 0.781. The van der Waals surface area contributed by atoms with Gasteiger partial charge in [0, 0.05) is 11.9 Å². The lowest BCUT2D eigenvalue weighted by molar-refractivity contribution is 0.0678. The molecule has 0 saturated heterocycles. The smallest absolute Gasteiger partial charge is 0.255 e. The van der Waals surface area contributed by atoms with E-state index in [1.807, 2.05) is 24.0 Å². The number of Topliss-reactive ketones (excluding diaryl/α,β-unsaturated/α-hetero) is 1. The molecule has 0 spiro atoms. The van der Waals surface area contributed by atoms with E-state index in [0.29, 0.717) is 28.5 Å². The summed E-state index contributed by atoms with van der Waals surface area (Å²) in [5.41, 5.74) is 2.81. The van der Waals surface area contributed by atoms with Gasteiger partial charge in [-0.3, -0.25) is 9.59 Å². The van der Waals surface area contributed by atoms with Crippen molar-refractivity contribution >= 4 is 23.0 Å². The number of carbonyl (C=O) groups is 2. The Labute approximate surface area is 151 Å². The minimum Gasteiger partial charge on any atom is -0.493 e. The average molecular weight is 359 g/mol. The molecule has 1 aliphatic heterocycles. The van der Waals surface area contributed by atoms with Crippen LogP contribution in [0.15, 0.2) is 23.6 Å². The number of hydrogen-bond donors (Lipinski definition) is 0. The number of amides is 1. The van der Waals surface area contributed by atoms with Gasteiger partial charge < -0.3 is 14.4 Å². The summed E-state index contributed by atoms with van der Waals surface area (Å²) in [6.45, 7) is 4.16. The van der Waals surface area contributed by atoms with E-state index < -0.39 is 0 Å². The van der Waals surface area contributed by atoms with Crippen molar-refractivity contribution in [2.45, 2.75) is 26.3 Å². The highest BCUT2D eigenvalue weighted by Gasteiger charge is 2.30. The molecule has 1 aromatic heterocycles. The normalized spacial score (nSPS) is 16.3. The maximum atomic E-state index is 12.9. The van der Waals surface area contributed by atoms with Gasteiger partial charge in [-0.15, -0.1) is 11.3 Å². The van der Waals surface area contributed by atoms with Crippen LogP contribution in [0.4, 0.5) is 0 Å². The summed E-state index contributed by atoms with van der Waals surface area (Å²) in [7, 11) is 3.23. The molecule has 6 heteroatoms. The highest BCUT2D eigenvalue weighted by atomic mass is 32.1. The number of benzene rings is 1. The summed E-state index contributed by atoms with van der Waals surface area (Å²) in [6.07, 6.45) is 0.759. The second-order valence-electron chi connectivity index (χ2n) is 6.09. The van der Waals surface area contributed by atoms with E-state index >= 15 is 0 Å². The number of ketones is 1. The van der Waals surface area contributed by atoms with Gasteiger partial charge in [-0.2, -0.15) is 0 Å². The van der Waals surface area contributed by atoms with Gasteiger partial charge in [0.1, 0.15) is 0 Å². The first-order valence-electron chi connectivity index (χ1n) is 8.11. The van der Waals surface area contributed by atoms with Crippen molar-refractivity contribution in [3.63, 3.8) is 0 Å². The highest BCUT2D eigenvalue weighted by molar-refractivity contribution is 7.12. The predicted octanol–water partition coefficient (Wildman–Crippen LogP) is 3.73. The highest BCUT2D eigenvalue weighted by Crippen LogP contribution is 2.38. The molecule has 0 N–H and O–H groups in total. The molecule has 2 heterocycles. The minimum absolute atomic E-state index is 0.0158. The third kappa shape index (κ3) is 3.14. The van der Waals surface area contributed by atoms with Crippen LogP contribution < -0.4 is 9.47 Å². The molecule has 1 aliphatic rings. The Kier molecular flexibility index (Phi) is 4.81. The van der Waals surface area contributed by atoms with Crippen LogP contribution >= 0.6 is 11.3 Å². The van der Waals surface area contributed by atoms with Crippen LogP contribution in [0.1, 0.15) is 51.0 Å². The molecule has 1 amide bonds. The van der Waals surface area contributed by atoms with Crippen molar-refractivity contribution in [2.75, 3.05) is 20.8 Å². The molecular formula is C19H21NO4S. The first kappa shape index (κ1) is 17.5. The summed E-state index contributed by atoms with van der Waals surface area (Å²) in [5.74, 6) is 1.31. The van der Waals surface area contributed by atoms with Crippen molar-refractivity contribution in [3.8, 4) is 11.5 Å². The first-order chi connectivity index (χ1) is 12.0. The topological polar surface area (TPSA) is 55.8 Å². The maximum absolute atomic E-state index is 12.9. The first-order valence-corrected chi connectivity index (χ1v) is 8.99. The van der Waals surface area contributed by atoms with Crippen molar-refractivity contribution in [1.82, 2.24) is 4.90 Å². The van der Waals surface area contributed by atoms with Crippen LogP contribution in [0.2, 0.25) is 0 Å². The third-order valence-electron chi connectivity index (χ3n) is 4.64. The summed E-state index contributed by atoms with van der Waals surface area (Å²) < 4.78 is 10.8. The fourth-order valence-electron chi connectivity index (χ4n) is 3.22. The Bertz CT molecular complexity index is 827. The van der Waals surface area contributed by atoms with Crippen LogP contribution in [0.5, 0.6) is 11.5 Å². The molecule has 0 aliphatic carbocycles. The predicted molar refractivity (Wildman–Crippen MR) is 97.0 cm³/mol. The van der Waals surface area contributed by atoms with Crippen LogP contribution in [0.3, 0.4) is 0 Å².